The Morgan fingerprint density at radius 3 is 2.69 bits per heavy atom. The highest BCUT2D eigenvalue weighted by Crippen LogP contribution is 2.33. The molecule has 0 unspecified atom stereocenters. The number of nitrogens with zero attached hydrogens (tertiary/aromatic N) is 2. The molecular formula is C21H26N4O6S. The van der Waals surface area contributed by atoms with E-state index in [2.05, 4.69) is 9.82 Å². The number of anilines is 1. The maximum atomic E-state index is 13.1. The summed E-state index contributed by atoms with van der Waals surface area (Å²) in [6.45, 7) is 4.49. The number of aromatic nitrogens is 2. The highest BCUT2D eigenvalue weighted by molar-refractivity contribution is 7.92. The van der Waals surface area contributed by atoms with Crippen molar-refractivity contribution in [1.82, 2.24) is 15.3 Å². The zero-order valence-corrected chi connectivity index (χ0v) is 18.7. The first-order valence-corrected chi connectivity index (χ1v) is 12.0. The van der Waals surface area contributed by atoms with Crippen LogP contribution in [-0.2, 0) is 14.8 Å². The van der Waals surface area contributed by atoms with E-state index in [9.17, 15) is 13.2 Å². The lowest BCUT2D eigenvalue weighted by Crippen LogP contribution is -2.26. The van der Waals surface area contributed by atoms with E-state index in [0.717, 1.165) is 31.4 Å². The fourth-order valence-corrected chi connectivity index (χ4v) is 5.16. The molecular weight excluding hydrogens is 436 g/mol. The number of carbonyl (C=O) groups is 1. The lowest BCUT2D eigenvalue weighted by Gasteiger charge is -2.29. The van der Waals surface area contributed by atoms with Gasteiger partial charge in [0.25, 0.3) is 10.0 Å². The lowest BCUT2D eigenvalue weighted by molar-refractivity contribution is 0.0261. The molecule has 1 saturated carbocycles. The van der Waals surface area contributed by atoms with Crippen LogP contribution in [0.2, 0.25) is 0 Å². The largest absolute Gasteiger partial charge is 0.451 e. The van der Waals surface area contributed by atoms with E-state index in [1.165, 1.54) is 23.7 Å². The van der Waals surface area contributed by atoms with Gasteiger partial charge < -0.3 is 9.15 Å². The second-order valence-corrected chi connectivity index (χ2v) is 9.54. The highest BCUT2D eigenvalue weighted by Gasteiger charge is 2.27. The third-order valence-corrected chi connectivity index (χ3v) is 6.97. The lowest BCUT2D eigenvalue weighted by atomic mass is 9.93. The van der Waals surface area contributed by atoms with Gasteiger partial charge in [-0.3, -0.25) is 14.7 Å². The minimum atomic E-state index is -3.93. The minimum Gasteiger partial charge on any atom is -0.451 e. The molecule has 1 amide bonds. The predicted octanol–water partition coefficient (Wildman–Crippen LogP) is 3.38. The molecule has 172 valence electrons. The molecule has 0 spiro atoms. The molecule has 10 nitrogen and oxygen atoms in total. The van der Waals surface area contributed by atoms with Crippen molar-refractivity contribution in [2.75, 3.05) is 11.3 Å². The molecule has 3 N–H and O–H groups in total. The summed E-state index contributed by atoms with van der Waals surface area (Å²) in [6, 6.07) is 7.53. The van der Waals surface area contributed by atoms with Gasteiger partial charge in [-0.05, 0) is 57.7 Å². The van der Waals surface area contributed by atoms with Crippen molar-refractivity contribution in [3.63, 3.8) is 0 Å². The average molecular weight is 463 g/mol. The maximum Gasteiger partial charge on any atom is 0.310 e. The van der Waals surface area contributed by atoms with Gasteiger partial charge in [0.05, 0.1) is 22.7 Å². The Labute approximate surface area is 185 Å². The Morgan fingerprint density at radius 2 is 2.00 bits per heavy atom. The monoisotopic (exact) mass is 462 g/mol. The summed E-state index contributed by atoms with van der Waals surface area (Å²) in [4.78, 5) is 11.5. The van der Waals surface area contributed by atoms with Crippen molar-refractivity contribution in [2.24, 2.45) is 0 Å². The number of nitrogens with one attached hydrogen (secondary N) is 2. The van der Waals surface area contributed by atoms with Crippen molar-refractivity contribution in [3.05, 3.63) is 41.8 Å². The molecule has 32 heavy (non-hydrogen) atoms. The van der Waals surface area contributed by atoms with Gasteiger partial charge in [0.1, 0.15) is 11.4 Å². The molecule has 2 aromatic heterocycles. The summed E-state index contributed by atoms with van der Waals surface area (Å²) in [5, 5.41) is 13.8. The Balaban J connectivity index is 1.57. The van der Waals surface area contributed by atoms with Crippen LogP contribution in [0.5, 0.6) is 0 Å². The molecule has 1 aromatic carbocycles. The first-order valence-electron chi connectivity index (χ1n) is 10.5. The van der Waals surface area contributed by atoms with Gasteiger partial charge in [0, 0.05) is 24.1 Å². The summed E-state index contributed by atoms with van der Waals surface area (Å²) in [6.07, 6.45) is 3.76. The van der Waals surface area contributed by atoms with Crippen molar-refractivity contribution in [1.29, 1.82) is 0 Å². The molecule has 0 saturated heterocycles. The fourth-order valence-electron chi connectivity index (χ4n) is 4.11. The van der Waals surface area contributed by atoms with Crippen LogP contribution in [0.4, 0.5) is 5.82 Å². The van der Waals surface area contributed by atoms with E-state index >= 15 is 0 Å². The SMILES string of the molecule is CCOC1CCC(n2nc(C)cc2NS(=O)(=O)c2ccc3cc(C(=O)NO)oc3c2)CC1. The Morgan fingerprint density at radius 1 is 1.25 bits per heavy atom. The number of benzene rings is 1. The van der Waals surface area contributed by atoms with Crippen LogP contribution in [-0.4, -0.2) is 42.0 Å². The number of ether oxygens (including phenoxy) is 1. The van der Waals surface area contributed by atoms with Gasteiger partial charge in [-0.15, -0.1) is 0 Å². The number of hydroxylamine groups is 1. The Kier molecular flexibility index (Phi) is 6.22. The molecule has 0 atom stereocenters. The van der Waals surface area contributed by atoms with Crippen LogP contribution < -0.4 is 10.2 Å². The van der Waals surface area contributed by atoms with E-state index < -0.39 is 15.9 Å². The number of hydrogen-bond acceptors (Lipinski definition) is 7. The molecule has 1 aliphatic carbocycles. The van der Waals surface area contributed by atoms with Crippen LogP contribution in [0.1, 0.15) is 54.9 Å². The van der Waals surface area contributed by atoms with Crippen molar-refractivity contribution < 1.29 is 27.6 Å². The molecule has 1 fully saturated rings. The molecule has 0 radical (unpaired) electrons. The molecule has 0 aliphatic heterocycles. The first-order chi connectivity index (χ1) is 15.3. The van der Waals surface area contributed by atoms with Crippen LogP contribution in [0, 0.1) is 6.92 Å². The molecule has 11 heteroatoms. The van der Waals surface area contributed by atoms with E-state index in [4.69, 9.17) is 14.4 Å². The molecule has 3 aromatic rings. The highest BCUT2D eigenvalue weighted by atomic mass is 32.2. The van der Waals surface area contributed by atoms with Crippen LogP contribution >= 0.6 is 0 Å². The van der Waals surface area contributed by atoms with Gasteiger partial charge in [-0.2, -0.15) is 5.10 Å². The molecule has 1 aliphatic rings. The van der Waals surface area contributed by atoms with Crippen molar-refractivity contribution in [2.45, 2.75) is 56.6 Å². The normalized spacial score (nSPS) is 19.2. The van der Waals surface area contributed by atoms with Crippen molar-refractivity contribution >= 4 is 32.7 Å². The summed E-state index contributed by atoms with van der Waals surface area (Å²) >= 11 is 0. The smallest absolute Gasteiger partial charge is 0.310 e. The number of fused-ring (bicyclic) bond motifs is 1. The standard InChI is InChI=1S/C21H26N4O6S/c1-3-30-16-7-5-15(6-8-16)25-20(10-13(2)22-25)24-32(28,29)17-9-4-14-11-19(21(26)23-27)31-18(14)12-17/h4,9-12,15-16,24,27H,3,5-8H2,1-2H3,(H,23,26). The number of aryl methyl sites for hydroxylation is 1. The van der Waals surface area contributed by atoms with E-state index in [1.807, 2.05) is 13.8 Å². The third kappa shape index (κ3) is 4.50. The number of hydrogen-bond donors (Lipinski definition) is 3. The molecule has 0 bridgehead atoms. The van der Waals surface area contributed by atoms with E-state index in [-0.39, 0.29) is 28.4 Å². The predicted molar refractivity (Wildman–Crippen MR) is 116 cm³/mol. The zero-order valence-electron chi connectivity index (χ0n) is 17.9. The minimum absolute atomic E-state index is 0.0132. The van der Waals surface area contributed by atoms with Gasteiger partial charge in [0.2, 0.25) is 0 Å². The quantitative estimate of drug-likeness (QED) is 0.362. The van der Waals surface area contributed by atoms with Crippen molar-refractivity contribution in [3.8, 4) is 0 Å². The number of carbonyl (C=O) groups excluding carboxylic acids is 1. The number of rotatable bonds is 7. The maximum absolute atomic E-state index is 13.1. The van der Waals surface area contributed by atoms with Crippen LogP contribution in [0.15, 0.2) is 39.6 Å². The zero-order chi connectivity index (χ0) is 22.9. The topological polar surface area (TPSA) is 136 Å². The Bertz CT molecular complexity index is 1220. The Hall–Kier alpha value is -2.89. The second-order valence-electron chi connectivity index (χ2n) is 7.86. The van der Waals surface area contributed by atoms with E-state index in [1.54, 1.807) is 16.8 Å². The molecule has 2 heterocycles. The fraction of sp³-hybridized carbons (Fsp3) is 0.429. The second kappa shape index (κ2) is 8.93. The van der Waals surface area contributed by atoms with Crippen LogP contribution in [0.25, 0.3) is 11.0 Å². The summed E-state index contributed by atoms with van der Waals surface area (Å²) in [5.74, 6) is -0.536. The number of sulfonamides is 1. The molecule has 4 rings (SSSR count). The van der Waals surface area contributed by atoms with Gasteiger partial charge in [-0.1, -0.05) is 0 Å². The van der Waals surface area contributed by atoms with E-state index in [0.29, 0.717) is 17.8 Å². The third-order valence-electron chi connectivity index (χ3n) is 5.62. The summed E-state index contributed by atoms with van der Waals surface area (Å²) < 4.78 is 41.7. The summed E-state index contributed by atoms with van der Waals surface area (Å²) in [7, 11) is -3.93. The number of furan rings is 1. The summed E-state index contributed by atoms with van der Waals surface area (Å²) in [5.41, 5.74) is 2.42. The average Bonchev–Trinajstić information content (AvgIpc) is 3.36. The first kappa shape index (κ1) is 22.3. The van der Waals surface area contributed by atoms with Gasteiger partial charge >= 0.3 is 5.91 Å². The van der Waals surface area contributed by atoms with Crippen LogP contribution in [0.3, 0.4) is 0 Å². The van der Waals surface area contributed by atoms with Gasteiger partial charge in [-0.25, -0.2) is 18.6 Å². The number of amides is 1. The van der Waals surface area contributed by atoms with Gasteiger partial charge in [0.15, 0.2) is 5.76 Å².